The fourth-order valence-electron chi connectivity index (χ4n) is 2.08. The Morgan fingerprint density at radius 2 is 2.22 bits per heavy atom. The van der Waals surface area contributed by atoms with Gasteiger partial charge in [0.25, 0.3) is 0 Å². The predicted molar refractivity (Wildman–Crippen MR) is 70.6 cm³/mol. The van der Waals surface area contributed by atoms with Gasteiger partial charge in [-0.1, -0.05) is 0 Å². The second kappa shape index (κ2) is 4.20. The minimum Gasteiger partial charge on any atom is -0.481 e. The van der Waals surface area contributed by atoms with E-state index in [1.54, 1.807) is 12.4 Å². The van der Waals surface area contributed by atoms with Crippen molar-refractivity contribution in [2.24, 2.45) is 5.92 Å². The van der Waals surface area contributed by atoms with Gasteiger partial charge in [0.05, 0.1) is 17.1 Å². The van der Waals surface area contributed by atoms with Crippen molar-refractivity contribution in [3.05, 3.63) is 29.0 Å². The van der Waals surface area contributed by atoms with Gasteiger partial charge in [0, 0.05) is 30.0 Å². The van der Waals surface area contributed by atoms with Crippen molar-refractivity contribution in [3.8, 4) is 0 Å². The molecule has 0 radical (unpaired) electrons. The van der Waals surface area contributed by atoms with E-state index in [0.717, 1.165) is 21.2 Å². The predicted octanol–water partition coefficient (Wildman–Crippen LogP) is 1.91. The highest BCUT2D eigenvalue weighted by atomic mass is 79.9. The first-order chi connectivity index (χ1) is 8.65. The largest absolute Gasteiger partial charge is 0.481 e. The number of aromatic nitrogens is 2. The molecule has 1 N–H and O–H groups in total. The number of carboxylic acid groups (broad SMARTS) is 1. The zero-order valence-electron chi connectivity index (χ0n) is 9.38. The van der Waals surface area contributed by atoms with Crippen LogP contribution in [0.2, 0.25) is 0 Å². The van der Waals surface area contributed by atoms with Gasteiger partial charge >= 0.3 is 5.97 Å². The lowest BCUT2D eigenvalue weighted by Gasteiger charge is -2.38. The molecule has 0 aromatic carbocycles. The minimum atomic E-state index is -0.736. The summed E-state index contributed by atoms with van der Waals surface area (Å²) < 4.78 is 0.881. The maximum absolute atomic E-state index is 10.8. The zero-order valence-corrected chi connectivity index (χ0v) is 11.0. The average Bonchev–Trinajstić information content (AvgIpc) is 2.26. The minimum absolute atomic E-state index is 0.274. The number of fused-ring (bicyclic) bond motifs is 1. The van der Waals surface area contributed by atoms with Crippen LogP contribution in [-0.2, 0) is 4.79 Å². The quantitative estimate of drug-likeness (QED) is 0.918. The Morgan fingerprint density at radius 1 is 1.44 bits per heavy atom. The van der Waals surface area contributed by atoms with E-state index >= 15 is 0 Å². The van der Waals surface area contributed by atoms with Crippen LogP contribution < -0.4 is 4.90 Å². The lowest BCUT2D eigenvalue weighted by Crippen LogP contribution is -2.50. The molecule has 0 spiro atoms. The monoisotopic (exact) mass is 307 g/mol. The molecule has 3 heterocycles. The maximum atomic E-state index is 10.8. The Labute approximate surface area is 112 Å². The molecule has 2 aromatic heterocycles. The summed E-state index contributed by atoms with van der Waals surface area (Å²) in [7, 11) is 0. The summed E-state index contributed by atoms with van der Waals surface area (Å²) in [5.41, 5.74) is 2.56. The fraction of sp³-hybridized carbons (Fsp3) is 0.250. The molecule has 5 nitrogen and oxygen atoms in total. The molecule has 92 valence electrons. The average molecular weight is 308 g/mol. The van der Waals surface area contributed by atoms with Crippen LogP contribution in [-0.4, -0.2) is 34.1 Å². The fourth-order valence-corrected chi connectivity index (χ4v) is 2.40. The maximum Gasteiger partial charge on any atom is 0.310 e. The summed E-state index contributed by atoms with van der Waals surface area (Å²) in [4.78, 5) is 21.4. The number of halogens is 1. The molecule has 0 unspecified atom stereocenters. The van der Waals surface area contributed by atoms with Crippen LogP contribution >= 0.6 is 15.9 Å². The smallest absolute Gasteiger partial charge is 0.310 e. The van der Waals surface area contributed by atoms with Crippen LogP contribution in [0.5, 0.6) is 0 Å². The second-order valence-electron chi connectivity index (χ2n) is 4.29. The number of rotatable bonds is 2. The van der Waals surface area contributed by atoms with Crippen molar-refractivity contribution in [2.45, 2.75) is 0 Å². The molecular weight excluding hydrogens is 298 g/mol. The van der Waals surface area contributed by atoms with E-state index in [2.05, 4.69) is 25.9 Å². The molecular formula is C12H10BrN3O2. The standard InChI is InChI=1S/C12H10BrN3O2/c13-8-3-9-11(15-4-8)10(1-2-14-9)16-5-7(6-16)12(17)18/h1-4,7H,5-6H2,(H,17,18). The van der Waals surface area contributed by atoms with Gasteiger partial charge in [-0.3, -0.25) is 14.8 Å². The third kappa shape index (κ3) is 1.82. The van der Waals surface area contributed by atoms with Crippen LogP contribution in [0.15, 0.2) is 29.0 Å². The van der Waals surface area contributed by atoms with Crippen LogP contribution in [0.1, 0.15) is 0 Å². The molecule has 3 rings (SSSR count). The Morgan fingerprint density at radius 3 is 2.94 bits per heavy atom. The number of hydrogen-bond acceptors (Lipinski definition) is 4. The molecule has 0 bridgehead atoms. The molecule has 0 atom stereocenters. The van der Waals surface area contributed by atoms with E-state index in [0.29, 0.717) is 13.1 Å². The first kappa shape index (κ1) is 11.4. The van der Waals surface area contributed by atoms with E-state index in [4.69, 9.17) is 5.11 Å². The van der Waals surface area contributed by atoms with E-state index in [-0.39, 0.29) is 5.92 Å². The zero-order chi connectivity index (χ0) is 12.7. The van der Waals surface area contributed by atoms with Gasteiger partial charge in [-0.2, -0.15) is 0 Å². The SMILES string of the molecule is O=C(O)C1CN(c2ccnc3cc(Br)cnc23)C1. The number of carbonyl (C=O) groups is 1. The van der Waals surface area contributed by atoms with Crippen molar-refractivity contribution in [1.29, 1.82) is 0 Å². The molecule has 1 saturated heterocycles. The summed E-state index contributed by atoms with van der Waals surface area (Å²) >= 11 is 3.36. The van der Waals surface area contributed by atoms with Crippen molar-refractivity contribution >= 4 is 38.6 Å². The topological polar surface area (TPSA) is 66.3 Å². The lowest BCUT2D eigenvalue weighted by atomic mass is 9.99. The Hall–Kier alpha value is -1.69. The normalized spacial score (nSPS) is 15.7. The highest BCUT2D eigenvalue weighted by molar-refractivity contribution is 9.10. The molecule has 6 heteroatoms. The Kier molecular flexibility index (Phi) is 2.66. The van der Waals surface area contributed by atoms with Crippen LogP contribution in [0.3, 0.4) is 0 Å². The summed E-state index contributed by atoms with van der Waals surface area (Å²) in [6, 6.07) is 3.78. The molecule has 0 aliphatic carbocycles. The van der Waals surface area contributed by atoms with Gasteiger partial charge in [0.1, 0.15) is 5.52 Å². The third-order valence-corrected chi connectivity index (χ3v) is 3.53. The van der Waals surface area contributed by atoms with Crippen LogP contribution in [0.4, 0.5) is 5.69 Å². The first-order valence-electron chi connectivity index (χ1n) is 5.53. The summed E-state index contributed by atoms with van der Waals surface area (Å²) in [6.45, 7) is 1.07. The molecule has 1 aliphatic heterocycles. The van der Waals surface area contributed by atoms with Crippen molar-refractivity contribution in [3.63, 3.8) is 0 Å². The number of anilines is 1. The van der Waals surface area contributed by atoms with E-state index in [1.807, 2.05) is 17.0 Å². The highest BCUT2D eigenvalue weighted by Crippen LogP contribution is 2.30. The molecule has 1 fully saturated rings. The molecule has 2 aromatic rings. The van der Waals surface area contributed by atoms with Crippen LogP contribution in [0, 0.1) is 5.92 Å². The van der Waals surface area contributed by atoms with E-state index in [1.165, 1.54) is 0 Å². The van der Waals surface area contributed by atoms with Gasteiger partial charge in [-0.25, -0.2) is 0 Å². The molecule has 0 amide bonds. The summed E-state index contributed by atoms with van der Waals surface area (Å²) in [6.07, 6.45) is 3.45. The molecule has 1 aliphatic rings. The van der Waals surface area contributed by atoms with Gasteiger partial charge in [-0.05, 0) is 28.1 Å². The van der Waals surface area contributed by atoms with Gasteiger partial charge < -0.3 is 10.0 Å². The first-order valence-corrected chi connectivity index (χ1v) is 6.32. The van der Waals surface area contributed by atoms with Crippen molar-refractivity contribution < 1.29 is 9.90 Å². The number of aliphatic carboxylic acids is 1. The number of hydrogen-bond donors (Lipinski definition) is 1. The summed E-state index contributed by atoms with van der Waals surface area (Å²) in [5.74, 6) is -1.01. The van der Waals surface area contributed by atoms with E-state index < -0.39 is 5.97 Å². The summed E-state index contributed by atoms with van der Waals surface area (Å²) in [5, 5.41) is 8.89. The molecule has 0 saturated carbocycles. The van der Waals surface area contributed by atoms with Gasteiger partial charge in [0.2, 0.25) is 0 Å². The van der Waals surface area contributed by atoms with Crippen molar-refractivity contribution in [1.82, 2.24) is 9.97 Å². The second-order valence-corrected chi connectivity index (χ2v) is 5.21. The molecule has 18 heavy (non-hydrogen) atoms. The lowest BCUT2D eigenvalue weighted by molar-refractivity contribution is -0.142. The number of pyridine rings is 2. The third-order valence-electron chi connectivity index (χ3n) is 3.09. The number of nitrogens with zero attached hydrogens (tertiary/aromatic N) is 3. The highest BCUT2D eigenvalue weighted by Gasteiger charge is 2.33. The number of carboxylic acids is 1. The van der Waals surface area contributed by atoms with Gasteiger partial charge in [-0.15, -0.1) is 0 Å². The Bertz CT molecular complexity index is 626. The van der Waals surface area contributed by atoms with Crippen molar-refractivity contribution in [2.75, 3.05) is 18.0 Å². The Balaban J connectivity index is 1.96. The van der Waals surface area contributed by atoms with E-state index in [9.17, 15) is 4.79 Å². The van der Waals surface area contributed by atoms with Gasteiger partial charge in [0.15, 0.2) is 0 Å². The van der Waals surface area contributed by atoms with Crippen LogP contribution in [0.25, 0.3) is 11.0 Å².